The number of likely N-dealkylation sites (tertiary alicyclic amines) is 1. The second-order valence-corrected chi connectivity index (χ2v) is 7.47. The van der Waals surface area contributed by atoms with Gasteiger partial charge in [-0.25, -0.2) is 4.79 Å². The lowest BCUT2D eigenvalue weighted by atomic mass is 9.95. The minimum atomic E-state index is -0.245. The van der Waals surface area contributed by atoms with Crippen molar-refractivity contribution < 1.29 is 14.3 Å². The van der Waals surface area contributed by atoms with Crippen molar-refractivity contribution in [1.29, 1.82) is 0 Å². The largest absolute Gasteiger partial charge is 0.373 e. The molecule has 3 saturated heterocycles. The maximum Gasteiger partial charge on any atom is 0.324 e. The number of ether oxygens (including phenoxy) is 1. The minimum absolute atomic E-state index is 0.0701. The smallest absolute Gasteiger partial charge is 0.324 e. The van der Waals surface area contributed by atoms with Crippen LogP contribution in [0, 0.1) is 5.92 Å². The first kappa shape index (κ1) is 17.6. The van der Waals surface area contributed by atoms with E-state index in [2.05, 4.69) is 29.0 Å². The average molecular weight is 338 g/mol. The Kier molecular flexibility index (Phi) is 5.73. The standard InChI is InChI=1S/C17H30N4O3/c1-13-9-20(10-14(2)24-13)11-15-3-6-19(7-4-15)12-16(22)21-8-5-18-17(21)23/h13-15H,3-12H2,1-2H3,(H,18,23). The molecule has 7 nitrogen and oxygen atoms in total. The van der Waals surface area contributed by atoms with E-state index < -0.39 is 0 Å². The number of rotatable bonds is 4. The summed E-state index contributed by atoms with van der Waals surface area (Å²) in [5, 5.41) is 2.68. The van der Waals surface area contributed by atoms with E-state index in [0.717, 1.165) is 45.6 Å². The fourth-order valence-electron chi connectivity index (χ4n) is 4.11. The molecule has 7 heteroatoms. The van der Waals surface area contributed by atoms with E-state index in [9.17, 15) is 9.59 Å². The molecule has 0 aromatic carbocycles. The Morgan fingerprint density at radius 1 is 1.12 bits per heavy atom. The molecule has 0 aromatic heterocycles. The van der Waals surface area contributed by atoms with Gasteiger partial charge in [0.2, 0.25) is 5.91 Å². The molecule has 0 aromatic rings. The molecule has 3 aliphatic rings. The molecule has 136 valence electrons. The summed E-state index contributed by atoms with van der Waals surface area (Å²) >= 11 is 0. The highest BCUT2D eigenvalue weighted by molar-refractivity contribution is 5.96. The summed E-state index contributed by atoms with van der Waals surface area (Å²) in [6, 6.07) is -0.245. The number of hydrogen-bond acceptors (Lipinski definition) is 5. The van der Waals surface area contributed by atoms with Crippen LogP contribution >= 0.6 is 0 Å². The highest BCUT2D eigenvalue weighted by Gasteiger charge is 2.30. The van der Waals surface area contributed by atoms with Crippen LogP contribution in [0.1, 0.15) is 26.7 Å². The molecule has 3 heterocycles. The fraction of sp³-hybridized carbons (Fsp3) is 0.882. The van der Waals surface area contributed by atoms with Crippen molar-refractivity contribution in [3.05, 3.63) is 0 Å². The molecule has 2 atom stereocenters. The molecular weight excluding hydrogens is 308 g/mol. The fourth-order valence-corrected chi connectivity index (χ4v) is 4.11. The summed E-state index contributed by atoms with van der Waals surface area (Å²) in [4.78, 5) is 29.8. The molecule has 0 aliphatic carbocycles. The van der Waals surface area contributed by atoms with E-state index >= 15 is 0 Å². The highest BCUT2D eigenvalue weighted by atomic mass is 16.5. The number of hydrogen-bond donors (Lipinski definition) is 1. The van der Waals surface area contributed by atoms with Crippen LogP contribution in [-0.4, -0.2) is 91.2 Å². The Morgan fingerprint density at radius 2 is 1.79 bits per heavy atom. The summed E-state index contributed by atoms with van der Waals surface area (Å²) in [5.41, 5.74) is 0. The molecule has 3 amide bonds. The Bertz CT molecular complexity index is 455. The lowest BCUT2D eigenvalue weighted by Gasteiger charge is -2.39. The predicted molar refractivity (Wildman–Crippen MR) is 90.7 cm³/mol. The first-order valence-electron chi connectivity index (χ1n) is 9.19. The van der Waals surface area contributed by atoms with Crippen LogP contribution in [0.4, 0.5) is 4.79 Å². The first-order chi connectivity index (χ1) is 11.5. The van der Waals surface area contributed by atoms with Crippen LogP contribution < -0.4 is 5.32 Å². The average Bonchev–Trinajstić information content (AvgIpc) is 2.94. The second kappa shape index (κ2) is 7.80. The van der Waals surface area contributed by atoms with E-state index in [1.54, 1.807) is 0 Å². The normalized spacial score (nSPS) is 30.6. The minimum Gasteiger partial charge on any atom is -0.373 e. The van der Waals surface area contributed by atoms with Gasteiger partial charge in [-0.15, -0.1) is 0 Å². The summed E-state index contributed by atoms with van der Waals surface area (Å²) < 4.78 is 5.80. The van der Waals surface area contributed by atoms with E-state index in [4.69, 9.17) is 4.74 Å². The van der Waals surface area contributed by atoms with Gasteiger partial charge in [0.05, 0.1) is 18.8 Å². The SMILES string of the molecule is CC1CN(CC2CCN(CC(=O)N3CCNC3=O)CC2)CC(C)O1. The molecule has 0 saturated carbocycles. The molecule has 1 N–H and O–H groups in total. The van der Waals surface area contributed by atoms with Crippen LogP contribution in [0.15, 0.2) is 0 Å². The van der Waals surface area contributed by atoms with E-state index in [1.165, 1.54) is 4.90 Å². The van der Waals surface area contributed by atoms with Crippen molar-refractivity contribution in [2.45, 2.75) is 38.9 Å². The molecule has 3 fully saturated rings. The van der Waals surface area contributed by atoms with Gasteiger partial charge in [0.15, 0.2) is 0 Å². The quantitative estimate of drug-likeness (QED) is 0.802. The number of nitrogens with zero attached hydrogens (tertiary/aromatic N) is 3. The molecular formula is C17H30N4O3. The molecule has 0 radical (unpaired) electrons. The van der Waals surface area contributed by atoms with Gasteiger partial charge in [-0.05, 0) is 45.7 Å². The van der Waals surface area contributed by atoms with Gasteiger partial charge in [0.1, 0.15) is 0 Å². The third-order valence-corrected chi connectivity index (χ3v) is 5.24. The van der Waals surface area contributed by atoms with Crippen molar-refractivity contribution in [3.63, 3.8) is 0 Å². The summed E-state index contributed by atoms with van der Waals surface area (Å²) in [6.45, 7) is 10.8. The summed E-state index contributed by atoms with van der Waals surface area (Å²) in [5.74, 6) is 0.628. The van der Waals surface area contributed by atoms with Crippen LogP contribution in [0.2, 0.25) is 0 Å². The van der Waals surface area contributed by atoms with Gasteiger partial charge in [0, 0.05) is 32.7 Å². The number of amides is 3. The van der Waals surface area contributed by atoms with Gasteiger partial charge in [-0.3, -0.25) is 19.5 Å². The third kappa shape index (κ3) is 4.46. The van der Waals surface area contributed by atoms with Gasteiger partial charge in [0.25, 0.3) is 0 Å². The maximum atomic E-state index is 12.2. The van der Waals surface area contributed by atoms with Crippen LogP contribution in [0.25, 0.3) is 0 Å². The number of carbonyl (C=O) groups excluding carboxylic acids is 2. The molecule has 3 aliphatic heterocycles. The molecule has 3 rings (SSSR count). The molecule has 0 bridgehead atoms. The zero-order valence-electron chi connectivity index (χ0n) is 14.9. The molecule has 0 spiro atoms. The Balaban J connectivity index is 1.39. The predicted octanol–water partition coefficient (Wildman–Crippen LogP) is 0.359. The zero-order valence-corrected chi connectivity index (χ0v) is 14.9. The number of carbonyl (C=O) groups is 2. The van der Waals surface area contributed by atoms with E-state index in [1.807, 2.05) is 0 Å². The molecule has 2 unspecified atom stereocenters. The number of imide groups is 1. The van der Waals surface area contributed by atoms with Gasteiger partial charge >= 0.3 is 6.03 Å². The Hall–Kier alpha value is -1.18. The van der Waals surface area contributed by atoms with Crippen molar-refractivity contribution in [2.24, 2.45) is 5.92 Å². The lowest BCUT2D eigenvalue weighted by molar-refractivity contribution is -0.129. The third-order valence-electron chi connectivity index (χ3n) is 5.24. The van der Waals surface area contributed by atoms with Crippen LogP contribution in [0.3, 0.4) is 0 Å². The number of nitrogens with one attached hydrogen (secondary N) is 1. The molecule has 24 heavy (non-hydrogen) atoms. The van der Waals surface area contributed by atoms with E-state index in [0.29, 0.717) is 37.8 Å². The van der Waals surface area contributed by atoms with Crippen LogP contribution in [0.5, 0.6) is 0 Å². The lowest BCUT2D eigenvalue weighted by Crippen LogP contribution is -2.49. The van der Waals surface area contributed by atoms with E-state index in [-0.39, 0.29) is 11.9 Å². The summed E-state index contributed by atoms with van der Waals surface area (Å²) in [6.07, 6.45) is 2.88. The van der Waals surface area contributed by atoms with Crippen molar-refractivity contribution >= 4 is 11.9 Å². The van der Waals surface area contributed by atoms with Crippen molar-refractivity contribution in [2.75, 3.05) is 52.4 Å². The topological polar surface area (TPSA) is 65.1 Å². The first-order valence-corrected chi connectivity index (χ1v) is 9.19. The van der Waals surface area contributed by atoms with Gasteiger partial charge in [-0.2, -0.15) is 0 Å². The monoisotopic (exact) mass is 338 g/mol. The maximum absolute atomic E-state index is 12.2. The number of urea groups is 1. The Morgan fingerprint density at radius 3 is 2.38 bits per heavy atom. The van der Waals surface area contributed by atoms with Crippen molar-refractivity contribution in [3.8, 4) is 0 Å². The Labute approximate surface area is 144 Å². The highest BCUT2D eigenvalue weighted by Crippen LogP contribution is 2.21. The number of piperidine rings is 1. The van der Waals surface area contributed by atoms with Gasteiger partial charge < -0.3 is 10.1 Å². The van der Waals surface area contributed by atoms with Crippen molar-refractivity contribution in [1.82, 2.24) is 20.0 Å². The zero-order chi connectivity index (χ0) is 17.1. The second-order valence-electron chi connectivity index (χ2n) is 7.47. The van der Waals surface area contributed by atoms with Gasteiger partial charge in [-0.1, -0.05) is 0 Å². The summed E-state index contributed by atoms with van der Waals surface area (Å²) in [7, 11) is 0. The van der Waals surface area contributed by atoms with Crippen LogP contribution in [-0.2, 0) is 9.53 Å². The number of morpholine rings is 1.